The zero-order valence-corrected chi connectivity index (χ0v) is 15.2. The SMILES string of the molecule is Cn1ccc2ccc(NC(=O)/C=C/c3ccc(C(C)(C)C)cc3)cc21. The topological polar surface area (TPSA) is 34.0 Å². The summed E-state index contributed by atoms with van der Waals surface area (Å²) in [5.41, 5.74) is 4.33. The van der Waals surface area contributed by atoms with Crippen LogP contribution in [0.5, 0.6) is 0 Å². The van der Waals surface area contributed by atoms with Crippen LogP contribution in [0.15, 0.2) is 60.8 Å². The van der Waals surface area contributed by atoms with Crippen LogP contribution < -0.4 is 5.32 Å². The van der Waals surface area contributed by atoms with Gasteiger partial charge >= 0.3 is 0 Å². The van der Waals surface area contributed by atoms with Crippen LogP contribution in [-0.2, 0) is 17.3 Å². The Hall–Kier alpha value is -2.81. The smallest absolute Gasteiger partial charge is 0.248 e. The van der Waals surface area contributed by atoms with E-state index >= 15 is 0 Å². The Labute approximate surface area is 149 Å². The number of amides is 1. The molecular formula is C22H24N2O. The van der Waals surface area contributed by atoms with Crippen LogP contribution in [0.2, 0.25) is 0 Å². The Bertz CT molecular complexity index is 925. The molecule has 3 rings (SSSR count). The monoisotopic (exact) mass is 332 g/mol. The fraction of sp³-hybridized carbons (Fsp3) is 0.227. The summed E-state index contributed by atoms with van der Waals surface area (Å²) in [5, 5.41) is 4.08. The fourth-order valence-electron chi connectivity index (χ4n) is 2.79. The molecule has 0 radical (unpaired) electrons. The number of carbonyl (C=O) groups excluding carboxylic acids is 1. The summed E-state index contributed by atoms with van der Waals surface area (Å²) in [7, 11) is 2.00. The molecule has 0 atom stereocenters. The van der Waals surface area contributed by atoms with Crippen molar-refractivity contribution in [2.75, 3.05) is 5.32 Å². The molecule has 0 unspecified atom stereocenters. The fourth-order valence-corrected chi connectivity index (χ4v) is 2.79. The van der Waals surface area contributed by atoms with Gasteiger partial charge in [-0.15, -0.1) is 0 Å². The maximum atomic E-state index is 12.2. The number of nitrogens with one attached hydrogen (secondary N) is 1. The molecule has 3 heteroatoms. The molecule has 128 valence electrons. The van der Waals surface area contributed by atoms with E-state index in [1.807, 2.05) is 54.2 Å². The summed E-state index contributed by atoms with van der Waals surface area (Å²) in [6, 6.07) is 16.3. The van der Waals surface area contributed by atoms with Gasteiger partial charge in [0.2, 0.25) is 5.91 Å². The molecule has 0 aliphatic rings. The summed E-state index contributed by atoms with van der Waals surface area (Å²) in [6.07, 6.45) is 5.42. The van der Waals surface area contributed by atoms with Crippen molar-refractivity contribution in [3.8, 4) is 0 Å². The van der Waals surface area contributed by atoms with Gasteiger partial charge in [0, 0.05) is 30.5 Å². The Kier molecular flexibility index (Phi) is 4.49. The van der Waals surface area contributed by atoms with Crippen LogP contribution in [0.1, 0.15) is 31.9 Å². The van der Waals surface area contributed by atoms with Crippen LogP contribution in [0.3, 0.4) is 0 Å². The van der Waals surface area contributed by atoms with Crippen molar-refractivity contribution < 1.29 is 4.79 Å². The quantitative estimate of drug-likeness (QED) is 0.663. The summed E-state index contributed by atoms with van der Waals surface area (Å²) in [6.45, 7) is 6.57. The van der Waals surface area contributed by atoms with Crippen molar-refractivity contribution in [3.63, 3.8) is 0 Å². The summed E-state index contributed by atoms with van der Waals surface area (Å²) in [4.78, 5) is 12.2. The van der Waals surface area contributed by atoms with Gasteiger partial charge in [-0.05, 0) is 46.2 Å². The Morgan fingerprint density at radius 2 is 1.76 bits per heavy atom. The molecule has 0 spiro atoms. The van der Waals surface area contributed by atoms with E-state index in [2.05, 4.69) is 44.3 Å². The van der Waals surface area contributed by atoms with Crippen LogP contribution in [0, 0.1) is 0 Å². The third-order valence-electron chi connectivity index (χ3n) is 4.36. The van der Waals surface area contributed by atoms with Gasteiger partial charge in [-0.25, -0.2) is 0 Å². The molecule has 25 heavy (non-hydrogen) atoms. The Morgan fingerprint density at radius 3 is 2.44 bits per heavy atom. The lowest BCUT2D eigenvalue weighted by molar-refractivity contribution is -0.111. The molecule has 1 N–H and O–H groups in total. The minimum atomic E-state index is -0.131. The number of fused-ring (bicyclic) bond motifs is 1. The number of anilines is 1. The van der Waals surface area contributed by atoms with Crippen molar-refractivity contribution in [2.45, 2.75) is 26.2 Å². The number of carbonyl (C=O) groups is 1. The van der Waals surface area contributed by atoms with E-state index in [-0.39, 0.29) is 11.3 Å². The molecule has 0 bridgehead atoms. The van der Waals surface area contributed by atoms with Crippen molar-refractivity contribution in [2.24, 2.45) is 7.05 Å². The van der Waals surface area contributed by atoms with Gasteiger partial charge in [0.05, 0.1) is 0 Å². The van der Waals surface area contributed by atoms with Gasteiger partial charge in [0.25, 0.3) is 0 Å². The van der Waals surface area contributed by atoms with Crippen LogP contribution in [0.25, 0.3) is 17.0 Å². The van der Waals surface area contributed by atoms with E-state index in [9.17, 15) is 4.79 Å². The number of benzene rings is 2. The molecule has 0 fully saturated rings. The standard InChI is InChI=1S/C22H24N2O/c1-22(2,3)18-9-5-16(6-10-18)7-12-21(25)23-19-11-8-17-13-14-24(4)20(17)15-19/h5-15H,1-4H3,(H,23,25)/b12-7+. The molecule has 0 saturated heterocycles. The second kappa shape index (κ2) is 6.60. The molecule has 1 aromatic heterocycles. The third kappa shape index (κ3) is 4.00. The number of aromatic nitrogens is 1. The first-order chi connectivity index (χ1) is 11.8. The maximum Gasteiger partial charge on any atom is 0.248 e. The number of aryl methyl sites for hydroxylation is 1. The van der Waals surface area contributed by atoms with Crippen molar-refractivity contribution in [3.05, 3.63) is 71.9 Å². The molecule has 1 amide bonds. The molecule has 3 nitrogen and oxygen atoms in total. The van der Waals surface area contributed by atoms with Gasteiger partial charge in [0.1, 0.15) is 0 Å². The van der Waals surface area contributed by atoms with Crippen LogP contribution in [0.4, 0.5) is 5.69 Å². The van der Waals surface area contributed by atoms with Gasteiger partial charge in [0.15, 0.2) is 0 Å². The van der Waals surface area contributed by atoms with Crippen molar-refractivity contribution in [1.82, 2.24) is 4.57 Å². The van der Waals surface area contributed by atoms with E-state index in [1.54, 1.807) is 6.08 Å². The van der Waals surface area contributed by atoms with E-state index in [1.165, 1.54) is 5.56 Å². The summed E-state index contributed by atoms with van der Waals surface area (Å²) in [5.74, 6) is -0.131. The highest BCUT2D eigenvalue weighted by Crippen LogP contribution is 2.22. The number of hydrogen-bond acceptors (Lipinski definition) is 1. The van der Waals surface area contributed by atoms with Crippen LogP contribution >= 0.6 is 0 Å². The van der Waals surface area contributed by atoms with Gasteiger partial charge in [-0.3, -0.25) is 4.79 Å². The highest BCUT2D eigenvalue weighted by Gasteiger charge is 2.12. The first-order valence-electron chi connectivity index (χ1n) is 8.48. The zero-order chi connectivity index (χ0) is 18.0. The van der Waals surface area contributed by atoms with E-state index in [0.29, 0.717) is 0 Å². The minimum absolute atomic E-state index is 0.131. The lowest BCUT2D eigenvalue weighted by Crippen LogP contribution is -2.10. The molecule has 0 aliphatic carbocycles. The summed E-state index contributed by atoms with van der Waals surface area (Å²) < 4.78 is 2.04. The van der Waals surface area contributed by atoms with Gasteiger partial charge in [-0.2, -0.15) is 0 Å². The first-order valence-corrected chi connectivity index (χ1v) is 8.48. The number of rotatable bonds is 3. The van der Waals surface area contributed by atoms with E-state index in [4.69, 9.17) is 0 Å². The third-order valence-corrected chi connectivity index (χ3v) is 4.36. The lowest BCUT2D eigenvalue weighted by atomic mass is 9.87. The molecule has 0 aliphatic heterocycles. The molecule has 2 aromatic carbocycles. The number of nitrogens with zero attached hydrogens (tertiary/aromatic N) is 1. The first kappa shape index (κ1) is 17.0. The zero-order valence-electron chi connectivity index (χ0n) is 15.2. The molecular weight excluding hydrogens is 308 g/mol. The molecule has 1 heterocycles. The van der Waals surface area contributed by atoms with Crippen LogP contribution in [-0.4, -0.2) is 10.5 Å². The highest BCUT2D eigenvalue weighted by atomic mass is 16.1. The average molecular weight is 332 g/mol. The molecule has 3 aromatic rings. The lowest BCUT2D eigenvalue weighted by Gasteiger charge is -2.18. The highest BCUT2D eigenvalue weighted by molar-refractivity contribution is 6.02. The maximum absolute atomic E-state index is 12.2. The van der Waals surface area contributed by atoms with E-state index < -0.39 is 0 Å². The summed E-state index contributed by atoms with van der Waals surface area (Å²) >= 11 is 0. The molecule has 0 saturated carbocycles. The Morgan fingerprint density at radius 1 is 1.04 bits per heavy atom. The predicted molar refractivity (Wildman–Crippen MR) is 106 cm³/mol. The van der Waals surface area contributed by atoms with Gasteiger partial charge < -0.3 is 9.88 Å². The van der Waals surface area contributed by atoms with E-state index in [0.717, 1.165) is 22.2 Å². The largest absolute Gasteiger partial charge is 0.350 e. The minimum Gasteiger partial charge on any atom is -0.350 e. The second-order valence-corrected chi connectivity index (χ2v) is 7.39. The predicted octanol–water partition coefficient (Wildman–Crippen LogP) is 5.13. The van der Waals surface area contributed by atoms with Crippen molar-refractivity contribution in [1.29, 1.82) is 0 Å². The average Bonchev–Trinajstić information content (AvgIpc) is 2.93. The van der Waals surface area contributed by atoms with Crippen molar-refractivity contribution >= 4 is 28.6 Å². The number of hydrogen-bond donors (Lipinski definition) is 1. The van der Waals surface area contributed by atoms with Gasteiger partial charge in [-0.1, -0.05) is 51.1 Å². The Balaban J connectivity index is 1.68. The normalized spacial score (nSPS) is 12.0. The second-order valence-electron chi connectivity index (χ2n) is 7.39.